The zero-order valence-corrected chi connectivity index (χ0v) is 9.79. The fraction of sp³-hybridized carbons (Fsp3) is 0.400. The molecule has 3 nitrogen and oxygen atoms in total. The Hall–Kier alpha value is -0.650. The normalized spacial score (nSPS) is 12.6. The van der Waals surface area contributed by atoms with Crippen LogP contribution in [0, 0.1) is 5.82 Å². The first-order valence-corrected chi connectivity index (χ1v) is 5.21. The van der Waals surface area contributed by atoms with E-state index in [1.807, 2.05) is 0 Å². The van der Waals surface area contributed by atoms with E-state index in [1.54, 1.807) is 6.07 Å². The molecule has 0 fully saturated rings. The van der Waals surface area contributed by atoms with Crippen molar-refractivity contribution in [3.05, 3.63) is 28.0 Å². The van der Waals surface area contributed by atoms with Crippen molar-refractivity contribution in [2.24, 2.45) is 0 Å². The Morgan fingerprint density at radius 3 is 2.73 bits per heavy atom. The zero-order valence-electron chi connectivity index (χ0n) is 8.20. The average Bonchev–Trinajstić information content (AvgIpc) is 2.16. The number of aliphatic hydroxyl groups excluding tert-OH is 2. The summed E-state index contributed by atoms with van der Waals surface area (Å²) in [7, 11) is 1.40. The van der Waals surface area contributed by atoms with Gasteiger partial charge in [0.05, 0.1) is 18.8 Å². The summed E-state index contributed by atoms with van der Waals surface area (Å²) in [6, 6.07) is 2.82. The Kier molecular flexibility index (Phi) is 4.50. The molecule has 0 aliphatic heterocycles. The van der Waals surface area contributed by atoms with Gasteiger partial charge in [0.25, 0.3) is 0 Å². The van der Waals surface area contributed by atoms with Crippen LogP contribution in [-0.4, -0.2) is 23.9 Å². The standard InChI is InChI=1S/C10H12BrFO3/c1-15-9-5-6(11)4-7(12)10(9)8(14)2-3-13/h4-5,8,13-14H,2-3H2,1H3/t8-/m0/s1. The van der Waals surface area contributed by atoms with Crippen molar-refractivity contribution >= 4 is 15.9 Å². The topological polar surface area (TPSA) is 49.7 Å². The van der Waals surface area contributed by atoms with Crippen molar-refractivity contribution in [2.45, 2.75) is 12.5 Å². The molecule has 84 valence electrons. The predicted molar refractivity (Wildman–Crippen MR) is 57.3 cm³/mol. The lowest BCUT2D eigenvalue weighted by molar-refractivity contribution is 0.128. The van der Waals surface area contributed by atoms with Gasteiger partial charge in [0, 0.05) is 17.5 Å². The molecule has 1 aromatic carbocycles. The van der Waals surface area contributed by atoms with Crippen molar-refractivity contribution in [2.75, 3.05) is 13.7 Å². The van der Waals surface area contributed by atoms with Gasteiger partial charge in [-0.3, -0.25) is 0 Å². The van der Waals surface area contributed by atoms with Gasteiger partial charge in [0.1, 0.15) is 11.6 Å². The molecule has 0 heterocycles. The Labute approximate surface area is 95.6 Å². The Balaban J connectivity index is 3.14. The molecular weight excluding hydrogens is 267 g/mol. The summed E-state index contributed by atoms with van der Waals surface area (Å²) in [4.78, 5) is 0. The van der Waals surface area contributed by atoms with E-state index in [9.17, 15) is 9.50 Å². The third kappa shape index (κ3) is 2.90. The largest absolute Gasteiger partial charge is 0.496 e. The molecule has 0 aliphatic rings. The van der Waals surface area contributed by atoms with Gasteiger partial charge in [0.15, 0.2) is 0 Å². The van der Waals surface area contributed by atoms with Crippen LogP contribution in [0.15, 0.2) is 16.6 Å². The summed E-state index contributed by atoms with van der Waals surface area (Å²) in [6.45, 7) is -0.209. The lowest BCUT2D eigenvalue weighted by Crippen LogP contribution is -2.05. The Morgan fingerprint density at radius 1 is 1.53 bits per heavy atom. The summed E-state index contributed by atoms with van der Waals surface area (Å²) in [5.74, 6) is -0.287. The first kappa shape index (κ1) is 12.4. The molecule has 1 aromatic rings. The molecule has 0 radical (unpaired) electrons. The average molecular weight is 279 g/mol. The highest BCUT2D eigenvalue weighted by Gasteiger charge is 2.18. The number of hydrogen-bond acceptors (Lipinski definition) is 3. The van der Waals surface area contributed by atoms with Crippen molar-refractivity contribution < 1.29 is 19.3 Å². The first-order chi connectivity index (χ1) is 7.10. The number of methoxy groups -OCH3 is 1. The van der Waals surface area contributed by atoms with E-state index >= 15 is 0 Å². The Bertz CT molecular complexity index is 344. The van der Waals surface area contributed by atoms with Gasteiger partial charge in [-0.2, -0.15) is 0 Å². The van der Waals surface area contributed by atoms with Gasteiger partial charge in [-0.25, -0.2) is 4.39 Å². The number of aliphatic hydroxyl groups is 2. The second-order valence-corrected chi connectivity index (χ2v) is 3.95. The van der Waals surface area contributed by atoms with Gasteiger partial charge < -0.3 is 14.9 Å². The summed E-state index contributed by atoms with van der Waals surface area (Å²) >= 11 is 3.13. The minimum Gasteiger partial charge on any atom is -0.496 e. The van der Waals surface area contributed by atoms with Crippen LogP contribution in [0.2, 0.25) is 0 Å². The monoisotopic (exact) mass is 278 g/mol. The molecule has 1 atom stereocenters. The van der Waals surface area contributed by atoms with Gasteiger partial charge in [-0.1, -0.05) is 15.9 Å². The highest BCUT2D eigenvalue weighted by molar-refractivity contribution is 9.10. The zero-order chi connectivity index (χ0) is 11.4. The maximum absolute atomic E-state index is 13.5. The van der Waals surface area contributed by atoms with Crippen LogP contribution < -0.4 is 4.74 Å². The molecule has 0 spiro atoms. The molecule has 1 rings (SSSR count). The fourth-order valence-electron chi connectivity index (χ4n) is 1.32. The van der Waals surface area contributed by atoms with Crippen LogP contribution in [0.3, 0.4) is 0 Å². The van der Waals surface area contributed by atoms with E-state index in [4.69, 9.17) is 9.84 Å². The third-order valence-electron chi connectivity index (χ3n) is 2.01. The minimum absolute atomic E-state index is 0.0783. The molecule has 15 heavy (non-hydrogen) atoms. The van der Waals surface area contributed by atoms with Crippen LogP contribution in [0.5, 0.6) is 5.75 Å². The molecule has 0 saturated carbocycles. The maximum Gasteiger partial charge on any atom is 0.133 e. The van der Waals surface area contributed by atoms with E-state index in [0.29, 0.717) is 4.47 Å². The number of halogens is 2. The lowest BCUT2D eigenvalue weighted by atomic mass is 10.1. The number of hydrogen-bond donors (Lipinski definition) is 2. The summed E-state index contributed by atoms with van der Waals surface area (Å²) in [6.07, 6.45) is -0.979. The molecule has 0 bridgehead atoms. The maximum atomic E-state index is 13.5. The number of rotatable bonds is 4. The second kappa shape index (κ2) is 5.44. The minimum atomic E-state index is -1.06. The van der Waals surface area contributed by atoms with E-state index in [0.717, 1.165) is 0 Å². The lowest BCUT2D eigenvalue weighted by Gasteiger charge is -2.15. The molecular formula is C10H12BrFO3. The molecule has 0 amide bonds. The van der Waals surface area contributed by atoms with Crippen molar-refractivity contribution in [1.82, 2.24) is 0 Å². The van der Waals surface area contributed by atoms with E-state index < -0.39 is 11.9 Å². The molecule has 0 aromatic heterocycles. The third-order valence-corrected chi connectivity index (χ3v) is 2.47. The fourth-order valence-corrected chi connectivity index (χ4v) is 1.73. The van der Waals surface area contributed by atoms with E-state index in [-0.39, 0.29) is 24.3 Å². The SMILES string of the molecule is COc1cc(Br)cc(F)c1[C@@H](O)CCO. The van der Waals surface area contributed by atoms with E-state index in [2.05, 4.69) is 15.9 Å². The van der Waals surface area contributed by atoms with Crippen LogP contribution in [-0.2, 0) is 0 Å². The van der Waals surface area contributed by atoms with Gasteiger partial charge in [0.2, 0.25) is 0 Å². The van der Waals surface area contributed by atoms with Crippen LogP contribution >= 0.6 is 15.9 Å². The number of ether oxygens (including phenoxy) is 1. The summed E-state index contributed by atoms with van der Waals surface area (Å²) in [5, 5.41) is 18.3. The van der Waals surface area contributed by atoms with Crippen molar-refractivity contribution in [1.29, 1.82) is 0 Å². The quantitative estimate of drug-likeness (QED) is 0.886. The van der Waals surface area contributed by atoms with Crippen LogP contribution in [0.1, 0.15) is 18.1 Å². The van der Waals surface area contributed by atoms with Crippen LogP contribution in [0.4, 0.5) is 4.39 Å². The molecule has 5 heteroatoms. The summed E-state index contributed by atoms with van der Waals surface area (Å²) in [5.41, 5.74) is 0.0785. The van der Waals surface area contributed by atoms with Crippen molar-refractivity contribution in [3.8, 4) is 5.75 Å². The van der Waals surface area contributed by atoms with E-state index in [1.165, 1.54) is 13.2 Å². The molecule has 2 N–H and O–H groups in total. The smallest absolute Gasteiger partial charge is 0.133 e. The molecule has 0 saturated heterocycles. The highest BCUT2D eigenvalue weighted by Crippen LogP contribution is 2.32. The Morgan fingerprint density at radius 2 is 2.20 bits per heavy atom. The second-order valence-electron chi connectivity index (χ2n) is 3.03. The van der Waals surface area contributed by atoms with Gasteiger partial charge in [-0.05, 0) is 12.1 Å². The summed E-state index contributed by atoms with van der Waals surface area (Å²) < 4.78 is 19.0. The molecule has 0 aliphatic carbocycles. The van der Waals surface area contributed by atoms with Gasteiger partial charge >= 0.3 is 0 Å². The molecule has 0 unspecified atom stereocenters. The number of benzene rings is 1. The highest BCUT2D eigenvalue weighted by atomic mass is 79.9. The first-order valence-electron chi connectivity index (χ1n) is 4.42. The van der Waals surface area contributed by atoms with Gasteiger partial charge in [-0.15, -0.1) is 0 Å². The van der Waals surface area contributed by atoms with Crippen LogP contribution in [0.25, 0.3) is 0 Å². The van der Waals surface area contributed by atoms with Crippen molar-refractivity contribution in [3.63, 3.8) is 0 Å². The predicted octanol–water partition coefficient (Wildman–Crippen LogP) is 2.01.